The summed E-state index contributed by atoms with van der Waals surface area (Å²) in [5.41, 5.74) is 0.685. The van der Waals surface area contributed by atoms with E-state index >= 15 is 0 Å². The van der Waals surface area contributed by atoms with Crippen molar-refractivity contribution in [3.63, 3.8) is 0 Å². The van der Waals surface area contributed by atoms with E-state index in [0.717, 1.165) is 32.0 Å². The van der Waals surface area contributed by atoms with Crippen molar-refractivity contribution in [1.82, 2.24) is 20.0 Å². The van der Waals surface area contributed by atoms with Crippen LogP contribution < -0.4 is 4.90 Å². The largest absolute Gasteiger partial charge is 0.354 e. The summed E-state index contributed by atoms with van der Waals surface area (Å²) in [4.78, 5) is 23.3. The van der Waals surface area contributed by atoms with Crippen LogP contribution in [0.4, 0.5) is 11.5 Å². The van der Waals surface area contributed by atoms with E-state index in [9.17, 15) is 10.1 Å². The Labute approximate surface area is 133 Å². The summed E-state index contributed by atoms with van der Waals surface area (Å²) in [5.74, 6) is 2.05. The fraction of sp³-hybridized carbons (Fsp3) is 0.500. The Bertz CT molecular complexity index is 708. The Morgan fingerprint density at radius 3 is 2.61 bits per heavy atom. The molecule has 2 aromatic rings. The van der Waals surface area contributed by atoms with Gasteiger partial charge in [0.2, 0.25) is 5.89 Å². The Balaban J connectivity index is 1.60. The quantitative estimate of drug-likeness (QED) is 0.614. The van der Waals surface area contributed by atoms with Gasteiger partial charge < -0.3 is 9.42 Å². The first kappa shape index (κ1) is 15.3. The number of aryl methyl sites for hydroxylation is 2. The van der Waals surface area contributed by atoms with Crippen molar-refractivity contribution >= 4 is 11.5 Å². The minimum Gasteiger partial charge on any atom is -0.354 e. The number of rotatable bonds is 4. The van der Waals surface area contributed by atoms with E-state index in [1.165, 1.54) is 6.20 Å². The zero-order chi connectivity index (χ0) is 16.4. The van der Waals surface area contributed by atoms with Crippen molar-refractivity contribution < 1.29 is 9.45 Å². The van der Waals surface area contributed by atoms with Crippen LogP contribution in [0.3, 0.4) is 0 Å². The Hall–Kier alpha value is -2.55. The topological polar surface area (TPSA) is 101 Å². The van der Waals surface area contributed by atoms with Gasteiger partial charge in [0, 0.05) is 38.7 Å². The Kier molecular flexibility index (Phi) is 4.20. The lowest BCUT2D eigenvalue weighted by Gasteiger charge is -2.34. The van der Waals surface area contributed by atoms with Crippen LogP contribution in [0.15, 0.2) is 16.8 Å². The SMILES string of the molecule is Cc1nc(CN2CCN(c3cc(C)c([N+](=O)[O-])cn3)CC2)no1. The van der Waals surface area contributed by atoms with Gasteiger partial charge in [0.25, 0.3) is 5.69 Å². The zero-order valence-corrected chi connectivity index (χ0v) is 13.1. The molecule has 0 amide bonds. The summed E-state index contributed by atoms with van der Waals surface area (Å²) in [6, 6.07) is 1.77. The van der Waals surface area contributed by atoms with Crippen LogP contribution in [0, 0.1) is 24.0 Å². The highest BCUT2D eigenvalue weighted by Gasteiger charge is 2.21. The normalized spacial score (nSPS) is 15.8. The first-order chi connectivity index (χ1) is 11.0. The lowest BCUT2D eigenvalue weighted by atomic mass is 10.2. The van der Waals surface area contributed by atoms with Gasteiger partial charge >= 0.3 is 0 Å². The molecule has 0 spiro atoms. The molecule has 3 heterocycles. The van der Waals surface area contributed by atoms with Crippen LogP contribution in [0.25, 0.3) is 0 Å². The molecule has 9 nitrogen and oxygen atoms in total. The molecule has 0 bridgehead atoms. The van der Waals surface area contributed by atoms with Gasteiger partial charge in [0.05, 0.1) is 11.5 Å². The lowest BCUT2D eigenvalue weighted by molar-refractivity contribution is -0.385. The molecule has 0 radical (unpaired) electrons. The van der Waals surface area contributed by atoms with Crippen molar-refractivity contribution in [2.45, 2.75) is 20.4 Å². The molecule has 0 N–H and O–H groups in total. The Morgan fingerprint density at radius 1 is 1.30 bits per heavy atom. The Morgan fingerprint density at radius 2 is 2.04 bits per heavy atom. The van der Waals surface area contributed by atoms with Gasteiger partial charge in [-0.05, 0) is 13.0 Å². The molecule has 1 fully saturated rings. The average molecular weight is 318 g/mol. The molecule has 0 atom stereocenters. The summed E-state index contributed by atoms with van der Waals surface area (Å²) in [6.45, 7) is 7.49. The number of hydrogen-bond donors (Lipinski definition) is 0. The van der Waals surface area contributed by atoms with Crippen LogP contribution in [-0.2, 0) is 6.54 Å². The van der Waals surface area contributed by atoms with E-state index in [4.69, 9.17) is 4.52 Å². The van der Waals surface area contributed by atoms with Crippen molar-refractivity contribution in [3.05, 3.63) is 39.7 Å². The van der Waals surface area contributed by atoms with Crippen molar-refractivity contribution in [1.29, 1.82) is 0 Å². The van der Waals surface area contributed by atoms with Crippen molar-refractivity contribution in [2.24, 2.45) is 0 Å². The van der Waals surface area contributed by atoms with Crippen LogP contribution in [0.2, 0.25) is 0 Å². The first-order valence-electron chi connectivity index (χ1n) is 7.40. The summed E-state index contributed by atoms with van der Waals surface area (Å²) in [5, 5.41) is 14.8. The second kappa shape index (κ2) is 6.29. The van der Waals surface area contributed by atoms with E-state index < -0.39 is 4.92 Å². The van der Waals surface area contributed by atoms with Crippen LogP contribution in [0.1, 0.15) is 17.3 Å². The van der Waals surface area contributed by atoms with Gasteiger partial charge in [0.1, 0.15) is 12.0 Å². The second-order valence-corrected chi connectivity index (χ2v) is 5.58. The number of hydrogen-bond acceptors (Lipinski definition) is 8. The summed E-state index contributed by atoms with van der Waals surface area (Å²) >= 11 is 0. The maximum atomic E-state index is 10.9. The predicted octanol–water partition coefficient (Wildman–Crippen LogP) is 1.31. The number of piperazine rings is 1. The maximum Gasteiger partial charge on any atom is 0.290 e. The molecule has 0 aromatic carbocycles. The van der Waals surface area contributed by atoms with Crippen LogP contribution in [0.5, 0.6) is 0 Å². The van der Waals surface area contributed by atoms with Crippen LogP contribution in [-0.4, -0.2) is 51.1 Å². The number of anilines is 1. The van der Waals surface area contributed by atoms with E-state index in [-0.39, 0.29) is 5.69 Å². The van der Waals surface area contributed by atoms with Gasteiger partial charge in [-0.15, -0.1) is 0 Å². The number of aromatic nitrogens is 3. The minimum atomic E-state index is -0.406. The molecule has 1 aliphatic rings. The lowest BCUT2D eigenvalue weighted by Crippen LogP contribution is -2.46. The maximum absolute atomic E-state index is 10.9. The molecule has 0 aliphatic carbocycles. The standard InChI is InChI=1S/C14H18N6O3/c1-10-7-14(15-8-12(10)20(21)22)19-5-3-18(4-6-19)9-13-16-11(2)23-17-13/h7-8H,3-6,9H2,1-2H3. The summed E-state index contributed by atoms with van der Waals surface area (Å²) in [7, 11) is 0. The molecule has 2 aromatic heterocycles. The highest BCUT2D eigenvalue weighted by molar-refractivity contribution is 5.48. The third kappa shape index (κ3) is 3.45. The van der Waals surface area contributed by atoms with Crippen molar-refractivity contribution in [2.75, 3.05) is 31.1 Å². The van der Waals surface area contributed by atoms with E-state index in [0.29, 0.717) is 23.8 Å². The molecule has 122 valence electrons. The number of nitro groups is 1. The second-order valence-electron chi connectivity index (χ2n) is 5.58. The summed E-state index contributed by atoms with van der Waals surface area (Å²) < 4.78 is 4.98. The summed E-state index contributed by atoms with van der Waals surface area (Å²) in [6.07, 6.45) is 1.33. The fourth-order valence-corrected chi connectivity index (χ4v) is 2.64. The van der Waals surface area contributed by atoms with E-state index in [1.54, 1.807) is 19.9 Å². The smallest absolute Gasteiger partial charge is 0.290 e. The molecule has 1 saturated heterocycles. The highest BCUT2D eigenvalue weighted by atomic mass is 16.6. The molecule has 1 aliphatic heterocycles. The zero-order valence-electron chi connectivity index (χ0n) is 13.1. The van der Waals surface area contributed by atoms with Gasteiger partial charge in [-0.1, -0.05) is 5.16 Å². The van der Waals surface area contributed by atoms with E-state index in [1.807, 2.05) is 0 Å². The average Bonchev–Trinajstić information content (AvgIpc) is 2.92. The van der Waals surface area contributed by atoms with Crippen molar-refractivity contribution in [3.8, 4) is 0 Å². The minimum absolute atomic E-state index is 0.0554. The predicted molar refractivity (Wildman–Crippen MR) is 82.2 cm³/mol. The van der Waals surface area contributed by atoms with Crippen LogP contribution >= 0.6 is 0 Å². The molecule has 9 heteroatoms. The molecular weight excluding hydrogens is 300 g/mol. The molecular formula is C14H18N6O3. The first-order valence-corrected chi connectivity index (χ1v) is 7.40. The van der Waals surface area contributed by atoms with E-state index in [2.05, 4.69) is 24.9 Å². The van der Waals surface area contributed by atoms with Gasteiger partial charge in [-0.25, -0.2) is 4.98 Å². The number of pyridine rings is 1. The van der Waals surface area contributed by atoms with Gasteiger partial charge in [0.15, 0.2) is 5.82 Å². The number of nitrogens with zero attached hydrogens (tertiary/aromatic N) is 6. The fourth-order valence-electron chi connectivity index (χ4n) is 2.64. The highest BCUT2D eigenvalue weighted by Crippen LogP contribution is 2.22. The molecule has 0 unspecified atom stereocenters. The monoisotopic (exact) mass is 318 g/mol. The molecule has 0 saturated carbocycles. The van der Waals surface area contributed by atoms with Gasteiger partial charge in [-0.3, -0.25) is 15.0 Å². The van der Waals surface area contributed by atoms with Gasteiger partial charge in [-0.2, -0.15) is 4.98 Å². The molecule has 23 heavy (non-hydrogen) atoms. The third-order valence-electron chi connectivity index (χ3n) is 3.90. The molecule has 3 rings (SSSR count). The third-order valence-corrected chi connectivity index (χ3v) is 3.90.